The second-order valence-electron chi connectivity index (χ2n) is 4.56. The summed E-state index contributed by atoms with van der Waals surface area (Å²) in [4.78, 5) is 0. The third-order valence-electron chi connectivity index (χ3n) is 3.18. The highest BCUT2D eigenvalue weighted by molar-refractivity contribution is 5.55. The number of nitriles is 1. The summed E-state index contributed by atoms with van der Waals surface area (Å²) in [5, 5.41) is 13.0. The van der Waals surface area contributed by atoms with Crippen molar-refractivity contribution in [1.29, 1.82) is 5.26 Å². The van der Waals surface area contributed by atoms with Gasteiger partial charge in [-0.25, -0.2) is 4.52 Å². The van der Waals surface area contributed by atoms with Gasteiger partial charge in [-0.1, -0.05) is 12.1 Å². The fourth-order valence-corrected chi connectivity index (χ4v) is 2.17. The van der Waals surface area contributed by atoms with Gasteiger partial charge in [0, 0.05) is 18.9 Å². The number of fused-ring (bicyclic) bond motifs is 1. The van der Waals surface area contributed by atoms with Crippen LogP contribution in [0.25, 0.3) is 5.65 Å². The Bertz CT molecular complexity index is 819. The van der Waals surface area contributed by atoms with Gasteiger partial charge < -0.3 is 4.57 Å². The van der Waals surface area contributed by atoms with E-state index in [0.29, 0.717) is 23.3 Å². The van der Waals surface area contributed by atoms with Crippen molar-refractivity contribution in [2.45, 2.75) is 12.7 Å². The molecule has 0 amide bonds. The van der Waals surface area contributed by atoms with E-state index in [-0.39, 0.29) is 0 Å². The lowest BCUT2D eigenvalue weighted by Crippen LogP contribution is -2.05. The molecule has 0 saturated carbocycles. The van der Waals surface area contributed by atoms with Crippen LogP contribution in [-0.2, 0) is 12.7 Å². The van der Waals surface area contributed by atoms with E-state index in [2.05, 4.69) is 5.10 Å². The minimum absolute atomic E-state index is 0.370. The topological polar surface area (TPSA) is 46.0 Å². The molecule has 2 heterocycles. The van der Waals surface area contributed by atoms with Gasteiger partial charge >= 0.3 is 6.18 Å². The van der Waals surface area contributed by atoms with Gasteiger partial charge in [-0.15, -0.1) is 0 Å². The Balaban J connectivity index is 1.92. The Morgan fingerprint density at radius 1 is 1.14 bits per heavy atom. The third kappa shape index (κ3) is 2.36. The summed E-state index contributed by atoms with van der Waals surface area (Å²) in [6.45, 7) is 0.370. The molecular formula is C14H9F3N4. The standard InChI is InChI=1S/C14H9F3N4/c15-14(16,17)12-3-1-10(2-4-12)9-20-5-6-21-13(20)11(7-18)8-19-21/h1-6,8H,9H2. The highest BCUT2D eigenvalue weighted by Crippen LogP contribution is 2.29. The summed E-state index contributed by atoms with van der Waals surface area (Å²) in [6, 6.07) is 7.01. The van der Waals surface area contributed by atoms with Gasteiger partial charge in [0.05, 0.1) is 11.8 Å². The fraction of sp³-hybridized carbons (Fsp3) is 0.143. The van der Waals surface area contributed by atoms with Crippen LogP contribution in [0.2, 0.25) is 0 Å². The molecule has 0 aliphatic carbocycles. The largest absolute Gasteiger partial charge is 0.416 e. The van der Waals surface area contributed by atoms with Gasteiger partial charge in [-0.2, -0.15) is 23.5 Å². The number of imidazole rings is 1. The molecule has 0 fully saturated rings. The molecule has 0 aliphatic rings. The van der Waals surface area contributed by atoms with Crippen molar-refractivity contribution >= 4 is 5.65 Å². The lowest BCUT2D eigenvalue weighted by atomic mass is 10.1. The van der Waals surface area contributed by atoms with Crippen LogP contribution >= 0.6 is 0 Å². The van der Waals surface area contributed by atoms with E-state index in [1.807, 2.05) is 6.07 Å². The number of alkyl halides is 3. The zero-order valence-electron chi connectivity index (χ0n) is 10.7. The minimum Gasteiger partial charge on any atom is -0.326 e. The van der Waals surface area contributed by atoms with E-state index in [9.17, 15) is 13.2 Å². The highest BCUT2D eigenvalue weighted by atomic mass is 19.4. The molecule has 0 radical (unpaired) electrons. The van der Waals surface area contributed by atoms with E-state index in [1.54, 1.807) is 21.5 Å². The molecule has 0 unspecified atom stereocenters. The number of hydrogen-bond donors (Lipinski definition) is 0. The minimum atomic E-state index is -4.33. The van der Waals surface area contributed by atoms with E-state index < -0.39 is 11.7 Å². The fourth-order valence-electron chi connectivity index (χ4n) is 2.17. The maximum Gasteiger partial charge on any atom is 0.416 e. The Kier molecular flexibility index (Phi) is 2.94. The van der Waals surface area contributed by atoms with Crippen molar-refractivity contribution in [3.05, 3.63) is 59.5 Å². The molecule has 7 heteroatoms. The smallest absolute Gasteiger partial charge is 0.326 e. The Labute approximate surface area is 117 Å². The molecule has 4 nitrogen and oxygen atoms in total. The van der Waals surface area contributed by atoms with Gasteiger partial charge in [0.1, 0.15) is 11.6 Å². The second-order valence-corrected chi connectivity index (χ2v) is 4.56. The first-order chi connectivity index (χ1) is 9.99. The van der Waals surface area contributed by atoms with Gasteiger partial charge in [0.15, 0.2) is 5.65 Å². The average Bonchev–Trinajstić information content (AvgIpc) is 3.01. The van der Waals surface area contributed by atoms with Crippen molar-refractivity contribution in [2.75, 3.05) is 0 Å². The number of rotatable bonds is 2. The number of halogens is 3. The van der Waals surface area contributed by atoms with Crippen molar-refractivity contribution in [3.8, 4) is 6.07 Å². The summed E-state index contributed by atoms with van der Waals surface area (Å²) in [7, 11) is 0. The molecule has 3 rings (SSSR count). The summed E-state index contributed by atoms with van der Waals surface area (Å²) in [6.07, 6.45) is 0.554. The van der Waals surface area contributed by atoms with Crippen molar-refractivity contribution in [3.63, 3.8) is 0 Å². The van der Waals surface area contributed by atoms with Crippen molar-refractivity contribution < 1.29 is 13.2 Å². The van der Waals surface area contributed by atoms with Crippen LogP contribution in [0.3, 0.4) is 0 Å². The summed E-state index contributed by atoms with van der Waals surface area (Å²) < 4.78 is 40.9. The zero-order valence-corrected chi connectivity index (χ0v) is 10.7. The lowest BCUT2D eigenvalue weighted by molar-refractivity contribution is -0.137. The summed E-state index contributed by atoms with van der Waals surface area (Å²) in [5.74, 6) is 0. The van der Waals surface area contributed by atoms with Crippen LogP contribution in [-0.4, -0.2) is 14.2 Å². The molecule has 0 saturated heterocycles. The second kappa shape index (κ2) is 4.66. The molecule has 3 aromatic rings. The third-order valence-corrected chi connectivity index (χ3v) is 3.18. The molecule has 0 aliphatic heterocycles. The molecule has 2 aromatic heterocycles. The Morgan fingerprint density at radius 3 is 2.48 bits per heavy atom. The molecule has 0 N–H and O–H groups in total. The summed E-state index contributed by atoms with van der Waals surface area (Å²) >= 11 is 0. The lowest BCUT2D eigenvalue weighted by Gasteiger charge is -2.08. The van der Waals surface area contributed by atoms with Gasteiger partial charge in [0.2, 0.25) is 0 Å². The predicted molar refractivity (Wildman–Crippen MR) is 68.4 cm³/mol. The molecule has 0 bridgehead atoms. The van der Waals surface area contributed by atoms with E-state index >= 15 is 0 Å². The van der Waals surface area contributed by atoms with Gasteiger partial charge in [0.25, 0.3) is 0 Å². The first-order valence-electron chi connectivity index (χ1n) is 6.08. The number of benzene rings is 1. The van der Waals surface area contributed by atoms with E-state index in [0.717, 1.165) is 12.1 Å². The maximum atomic E-state index is 12.5. The molecular weight excluding hydrogens is 281 g/mol. The van der Waals surface area contributed by atoms with Gasteiger partial charge in [-0.3, -0.25) is 0 Å². The zero-order chi connectivity index (χ0) is 15.0. The predicted octanol–water partition coefficient (Wildman–Crippen LogP) is 3.07. The molecule has 0 spiro atoms. The molecule has 106 valence electrons. The van der Waals surface area contributed by atoms with Crippen LogP contribution in [0, 0.1) is 11.3 Å². The highest BCUT2D eigenvalue weighted by Gasteiger charge is 2.29. The van der Waals surface area contributed by atoms with Crippen LogP contribution in [0.15, 0.2) is 42.9 Å². The van der Waals surface area contributed by atoms with Crippen LogP contribution in [0.1, 0.15) is 16.7 Å². The van der Waals surface area contributed by atoms with E-state index in [4.69, 9.17) is 5.26 Å². The molecule has 0 atom stereocenters. The monoisotopic (exact) mass is 290 g/mol. The molecule has 1 aromatic carbocycles. The Morgan fingerprint density at radius 2 is 1.86 bits per heavy atom. The van der Waals surface area contributed by atoms with E-state index in [1.165, 1.54) is 18.3 Å². The van der Waals surface area contributed by atoms with Crippen LogP contribution in [0.5, 0.6) is 0 Å². The first kappa shape index (κ1) is 13.2. The van der Waals surface area contributed by atoms with Gasteiger partial charge in [-0.05, 0) is 17.7 Å². The SMILES string of the molecule is N#Cc1cnn2ccn(Cc3ccc(C(F)(F)F)cc3)c12. The summed E-state index contributed by atoms with van der Waals surface area (Å²) in [5.41, 5.74) is 1.08. The number of nitrogens with zero attached hydrogens (tertiary/aromatic N) is 4. The molecule has 21 heavy (non-hydrogen) atoms. The first-order valence-corrected chi connectivity index (χ1v) is 6.08. The maximum absolute atomic E-state index is 12.5. The van der Waals surface area contributed by atoms with Crippen LogP contribution in [0.4, 0.5) is 13.2 Å². The average molecular weight is 290 g/mol. The van der Waals surface area contributed by atoms with Crippen LogP contribution < -0.4 is 0 Å². The Hall–Kier alpha value is -2.75. The number of hydrogen-bond acceptors (Lipinski definition) is 2. The van der Waals surface area contributed by atoms with Crippen molar-refractivity contribution in [2.24, 2.45) is 0 Å². The number of aromatic nitrogens is 3. The quantitative estimate of drug-likeness (QED) is 0.728. The normalized spacial score (nSPS) is 11.7. The van der Waals surface area contributed by atoms with Crippen molar-refractivity contribution in [1.82, 2.24) is 14.2 Å².